The second-order valence-electron chi connectivity index (χ2n) is 7.37. The number of aliphatic imine (C=N–C) groups is 1. The third-order valence-electron chi connectivity index (χ3n) is 5.84. The first-order valence-electron chi connectivity index (χ1n) is 8.95. The Labute approximate surface area is 159 Å². The minimum Gasteiger partial charge on any atom is -0.458 e. The molecule has 142 valence electrons. The number of benzene rings is 1. The number of rotatable bonds is 4. The van der Waals surface area contributed by atoms with Crippen molar-refractivity contribution in [3.05, 3.63) is 47.5 Å². The van der Waals surface area contributed by atoms with Gasteiger partial charge in [0, 0.05) is 17.2 Å². The zero-order valence-electron chi connectivity index (χ0n) is 14.3. The van der Waals surface area contributed by atoms with Crippen LogP contribution in [0.25, 0.3) is 0 Å². The van der Waals surface area contributed by atoms with Crippen molar-refractivity contribution in [2.75, 3.05) is 13.2 Å². The van der Waals surface area contributed by atoms with Crippen molar-refractivity contribution < 1.29 is 23.0 Å². The molecule has 1 N–H and O–H groups in total. The van der Waals surface area contributed by atoms with E-state index in [2.05, 4.69) is 22.5 Å². The van der Waals surface area contributed by atoms with Gasteiger partial charge in [0.1, 0.15) is 24.5 Å². The number of halogens is 2. The fraction of sp³-hybridized carbons (Fsp3) is 0.474. The van der Waals surface area contributed by atoms with Gasteiger partial charge in [0.25, 0.3) is 0 Å². The molecule has 0 radical (unpaired) electrons. The largest absolute Gasteiger partial charge is 0.458 e. The van der Waals surface area contributed by atoms with Gasteiger partial charge in [-0.3, -0.25) is 10.3 Å². The Hall–Kier alpha value is -1.77. The minimum absolute atomic E-state index is 0.0609. The van der Waals surface area contributed by atoms with E-state index in [0.29, 0.717) is 17.1 Å². The Morgan fingerprint density at radius 2 is 2.33 bits per heavy atom. The maximum atomic E-state index is 13.7. The van der Waals surface area contributed by atoms with Crippen LogP contribution in [0.15, 0.2) is 35.3 Å². The van der Waals surface area contributed by atoms with E-state index in [1.54, 1.807) is 11.8 Å². The fourth-order valence-corrected chi connectivity index (χ4v) is 5.85. The Bertz CT molecular complexity index is 840. The van der Waals surface area contributed by atoms with Gasteiger partial charge in [-0.25, -0.2) is 13.6 Å². The molecule has 1 spiro atoms. The molecule has 1 aromatic carbocycles. The van der Waals surface area contributed by atoms with Crippen molar-refractivity contribution in [1.29, 1.82) is 0 Å². The summed E-state index contributed by atoms with van der Waals surface area (Å²) in [7, 11) is 0. The fourth-order valence-electron chi connectivity index (χ4n) is 4.78. The average Bonchev–Trinajstić information content (AvgIpc) is 3.34. The van der Waals surface area contributed by atoms with Crippen LogP contribution in [0.2, 0.25) is 0 Å². The number of hydrogen-bond donors (Lipinski definition) is 1. The van der Waals surface area contributed by atoms with Crippen LogP contribution in [0.1, 0.15) is 16.8 Å². The highest BCUT2D eigenvalue weighted by atomic mass is 32.2. The third-order valence-corrected chi connectivity index (χ3v) is 6.91. The lowest BCUT2D eigenvalue weighted by Gasteiger charge is -2.47. The smallest absolute Gasteiger partial charge is 0.341 e. The van der Waals surface area contributed by atoms with Gasteiger partial charge in [0.2, 0.25) is 0 Å². The quantitative estimate of drug-likeness (QED) is 0.630. The topological polar surface area (TPSA) is 59.9 Å². The number of carbonyl (C=O) groups is 1. The minimum atomic E-state index is -0.898. The highest BCUT2D eigenvalue weighted by molar-refractivity contribution is 8.12. The summed E-state index contributed by atoms with van der Waals surface area (Å²) < 4.78 is 38.5. The van der Waals surface area contributed by atoms with Crippen molar-refractivity contribution in [2.24, 2.45) is 16.8 Å². The van der Waals surface area contributed by atoms with Crippen LogP contribution in [0.4, 0.5) is 8.78 Å². The Kier molecular flexibility index (Phi) is 4.10. The molecule has 6 unspecified atom stereocenters. The van der Waals surface area contributed by atoms with Gasteiger partial charge in [0.15, 0.2) is 0 Å². The number of nitrogens with one attached hydrogen (secondary N) is 1. The molecule has 4 aliphatic rings. The van der Waals surface area contributed by atoms with Crippen LogP contribution in [0, 0.1) is 23.5 Å². The molecule has 6 atom stereocenters. The molecule has 2 heterocycles. The molecular weight excluding hydrogens is 374 g/mol. The molecule has 27 heavy (non-hydrogen) atoms. The summed E-state index contributed by atoms with van der Waals surface area (Å²) in [6, 6.07) is 2.95. The van der Waals surface area contributed by atoms with E-state index in [-0.39, 0.29) is 18.2 Å². The number of esters is 1. The van der Waals surface area contributed by atoms with E-state index in [1.807, 2.05) is 5.55 Å². The molecule has 3 bridgehead atoms. The van der Waals surface area contributed by atoms with Gasteiger partial charge in [-0.1, -0.05) is 12.2 Å². The summed E-state index contributed by atoms with van der Waals surface area (Å²) >= 11 is 1.74. The molecule has 5 nitrogen and oxygen atoms in total. The summed E-state index contributed by atoms with van der Waals surface area (Å²) in [5, 5.41) is 3.82. The highest BCUT2D eigenvalue weighted by Gasteiger charge is 2.62. The first-order valence-corrected chi connectivity index (χ1v) is 9.89. The van der Waals surface area contributed by atoms with Gasteiger partial charge < -0.3 is 9.47 Å². The molecule has 2 aliphatic carbocycles. The summed E-state index contributed by atoms with van der Waals surface area (Å²) in [5.41, 5.74) is 1.12. The van der Waals surface area contributed by atoms with Crippen LogP contribution in [0.5, 0.6) is 0 Å². The number of hydrogen-bond acceptors (Lipinski definition) is 6. The lowest BCUT2D eigenvalue weighted by Crippen LogP contribution is -2.62. The summed E-state index contributed by atoms with van der Waals surface area (Å²) in [5.74, 6) is -1.69. The van der Waals surface area contributed by atoms with E-state index in [9.17, 15) is 13.6 Å². The number of nitrogens with zero attached hydrogens (tertiary/aromatic N) is 1. The molecule has 0 amide bonds. The summed E-state index contributed by atoms with van der Waals surface area (Å²) in [4.78, 5) is 16.5. The first kappa shape index (κ1) is 17.3. The van der Waals surface area contributed by atoms with E-state index in [1.165, 1.54) is 0 Å². The predicted octanol–water partition coefficient (Wildman–Crippen LogP) is 2.52. The summed E-state index contributed by atoms with van der Waals surface area (Å²) in [6.07, 6.45) is 4.77. The van der Waals surface area contributed by atoms with E-state index in [4.69, 9.17) is 9.47 Å². The van der Waals surface area contributed by atoms with E-state index < -0.39 is 29.4 Å². The molecule has 1 saturated heterocycles. The lowest BCUT2D eigenvalue weighted by molar-refractivity contribution is -0.147. The molecule has 0 aromatic heterocycles. The normalized spacial score (nSPS) is 38.5. The molecule has 2 fully saturated rings. The highest BCUT2D eigenvalue weighted by Crippen LogP contribution is 2.55. The van der Waals surface area contributed by atoms with Gasteiger partial charge in [-0.15, -0.1) is 11.8 Å². The molecule has 2 aliphatic heterocycles. The number of carbonyl (C=O) groups excluding carboxylic acids is 1. The van der Waals surface area contributed by atoms with Crippen LogP contribution < -0.4 is 5.32 Å². The molecule has 8 heteroatoms. The maximum Gasteiger partial charge on any atom is 0.341 e. The van der Waals surface area contributed by atoms with Gasteiger partial charge in [-0.2, -0.15) is 0 Å². The lowest BCUT2D eigenvalue weighted by atomic mass is 9.81. The zero-order chi connectivity index (χ0) is 18.6. The monoisotopic (exact) mass is 392 g/mol. The number of ether oxygens (including phenoxy) is 2. The van der Waals surface area contributed by atoms with Crippen LogP contribution >= 0.6 is 11.8 Å². The second kappa shape index (κ2) is 6.39. The van der Waals surface area contributed by atoms with Crippen LogP contribution in [-0.2, 0) is 9.47 Å². The molecule has 1 aromatic rings. The third kappa shape index (κ3) is 2.81. The predicted molar refractivity (Wildman–Crippen MR) is 96.6 cm³/mol. The first-order chi connectivity index (χ1) is 13.1. The van der Waals surface area contributed by atoms with Crippen molar-refractivity contribution >= 4 is 23.3 Å². The van der Waals surface area contributed by atoms with Crippen molar-refractivity contribution in [2.45, 2.75) is 29.5 Å². The number of thioether (sulfide) groups is 1. The zero-order valence-corrected chi connectivity index (χ0v) is 15.1. The molecule has 1 saturated carbocycles. The standard InChI is InChI=1S/C19H18F2N2O3S/c20-11-1-2-13(21)12(5-11)18(24)25-8-15-23-17-10-3-4-19(6-10,26-15)16(17)14-7-22-9-27-14/h1-5,9-10,14-17,23H,6-8H2. The average molecular weight is 392 g/mol. The van der Waals surface area contributed by atoms with Crippen molar-refractivity contribution in [3.8, 4) is 0 Å². The summed E-state index contributed by atoms with van der Waals surface area (Å²) in [6.45, 7) is 0.728. The van der Waals surface area contributed by atoms with Crippen LogP contribution in [0.3, 0.4) is 0 Å². The Balaban J connectivity index is 1.27. The Morgan fingerprint density at radius 1 is 1.44 bits per heavy atom. The van der Waals surface area contributed by atoms with Gasteiger partial charge >= 0.3 is 5.97 Å². The molecule has 5 rings (SSSR count). The van der Waals surface area contributed by atoms with Gasteiger partial charge in [-0.05, 0) is 30.5 Å². The second-order valence-corrected chi connectivity index (χ2v) is 8.46. The van der Waals surface area contributed by atoms with Crippen LogP contribution in [-0.4, -0.2) is 47.8 Å². The number of fused-ring (bicyclic) bond motifs is 3. The van der Waals surface area contributed by atoms with Crippen molar-refractivity contribution in [1.82, 2.24) is 5.32 Å². The van der Waals surface area contributed by atoms with Gasteiger partial charge in [0.05, 0.1) is 23.3 Å². The Morgan fingerprint density at radius 3 is 3.11 bits per heavy atom. The van der Waals surface area contributed by atoms with E-state index >= 15 is 0 Å². The SMILES string of the molecule is O=C(OCC1NC2C3C=CC(C3)(O1)C2C1CN=CS1)c1cc(F)ccc1F. The molecular formula is C19H18F2N2O3S. The van der Waals surface area contributed by atoms with E-state index in [0.717, 1.165) is 31.2 Å². The van der Waals surface area contributed by atoms with Crippen molar-refractivity contribution in [3.63, 3.8) is 0 Å². The maximum absolute atomic E-state index is 13.7.